The third-order valence-corrected chi connectivity index (χ3v) is 4.82. The van der Waals surface area contributed by atoms with E-state index in [0.29, 0.717) is 21.5 Å². The van der Waals surface area contributed by atoms with E-state index in [0.717, 1.165) is 11.1 Å². The molecule has 2 aromatic carbocycles. The molecule has 1 N–H and O–H groups in total. The standard InChI is InChI=1S/C20H15BrFN3O/c1-12-6-9-18(23-11-12)25-19(14-4-2-3-5-15(14)20(25)26)24-17-8-7-13(21)10-16(17)22/h2-11,19,24H,1H3/t19-/m0/s1. The van der Waals surface area contributed by atoms with Gasteiger partial charge in [0.1, 0.15) is 17.8 Å². The number of halogens is 2. The fourth-order valence-electron chi connectivity index (χ4n) is 3.05. The minimum absolute atomic E-state index is 0.160. The van der Waals surface area contributed by atoms with Gasteiger partial charge in [-0.2, -0.15) is 0 Å². The van der Waals surface area contributed by atoms with Crippen LogP contribution >= 0.6 is 15.9 Å². The van der Waals surface area contributed by atoms with Gasteiger partial charge in [-0.3, -0.25) is 9.69 Å². The lowest BCUT2D eigenvalue weighted by Gasteiger charge is -2.26. The van der Waals surface area contributed by atoms with E-state index in [1.807, 2.05) is 31.2 Å². The van der Waals surface area contributed by atoms with E-state index in [-0.39, 0.29) is 5.91 Å². The van der Waals surface area contributed by atoms with Crippen LogP contribution in [0.25, 0.3) is 0 Å². The molecule has 3 aromatic rings. The van der Waals surface area contributed by atoms with Crippen molar-refractivity contribution in [1.82, 2.24) is 4.98 Å². The fraction of sp³-hybridized carbons (Fsp3) is 0.100. The number of aromatic nitrogens is 1. The number of hydrogen-bond acceptors (Lipinski definition) is 3. The van der Waals surface area contributed by atoms with Crippen molar-refractivity contribution in [2.45, 2.75) is 13.1 Å². The molecule has 4 rings (SSSR count). The number of nitrogens with one attached hydrogen (secondary N) is 1. The van der Waals surface area contributed by atoms with Crippen molar-refractivity contribution >= 4 is 33.3 Å². The SMILES string of the molecule is Cc1ccc(N2C(=O)c3ccccc3[C@H]2Nc2ccc(Br)cc2F)nc1. The Balaban J connectivity index is 1.79. The second-order valence-corrected chi connectivity index (χ2v) is 7.04. The molecule has 1 amide bonds. The maximum Gasteiger partial charge on any atom is 0.261 e. The highest BCUT2D eigenvalue weighted by atomic mass is 79.9. The van der Waals surface area contributed by atoms with Crippen LogP contribution in [0.15, 0.2) is 65.3 Å². The van der Waals surface area contributed by atoms with Crippen molar-refractivity contribution in [3.8, 4) is 0 Å². The predicted octanol–water partition coefficient (Wildman–Crippen LogP) is 5.06. The van der Waals surface area contributed by atoms with Crippen LogP contribution in [0.4, 0.5) is 15.9 Å². The van der Waals surface area contributed by atoms with Crippen molar-refractivity contribution in [3.63, 3.8) is 0 Å². The molecule has 0 bridgehead atoms. The highest BCUT2D eigenvalue weighted by Crippen LogP contribution is 2.37. The molecule has 130 valence electrons. The molecule has 1 atom stereocenters. The first-order valence-electron chi connectivity index (χ1n) is 8.11. The quantitative estimate of drug-likeness (QED) is 0.654. The summed E-state index contributed by atoms with van der Waals surface area (Å²) in [6.07, 6.45) is 1.17. The lowest BCUT2D eigenvalue weighted by atomic mass is 10.1. The van der Waals surface area contributed by atoms with Crippen molar-refractivity contribution < 1.29 is 9.18 Å². The summed E-state index contributed by atoms with van der Waals surface area (Å²) in [5, 5.41) is 3.16. The van der Waals surface area contributed by atoms with Crippen LogP contribution in [0.2, 0.25) is 0 Å². The summed E-state index contributed by atoms with van der Waals surface area (Å²) >= 11 is 3.26. The molecule has 1 aliphatic heterocycles. The normalized spacial score (nSPS) is 15.9. The number of carbonyl (C=O) groups is 1. The molecule has 0 radical (unpaired) electrons. The molecule has 0 unspecified atom stereocenters. The summed E-state index contributed by atoms with van der Waals surface area (Å²) < 4.78 is 15.0. The number of benzene rings is 2. The van der Waals surface area contributed by atoms with Gasteiger partial charge < -0.3 is 5.32 Å². The predicted molar refractivity (Wildman–Crippen MR) is 103 cm³/mol. The topological polar surface area (TPSA) is 45.2 Å². The number of anilines is 2. The van der Waals surface area contributed by atoms with Gasteiger partial charge in [-0.05, 0) is 42.8 Å². The number of aryl methyl sites for hydroxylation is 1. The molecular formula is C20H15BrFN3O. The van der Waals surface area contributed by atoms with Gasteiger partial charge in [0, 0.05) is 21.8 Å². The summed E-state index contributed by atoms with van der Waals surface area (Å²) in [5.41, 5.74) is 2.70. The van der Waals surface area contributed by atoms with E-state index in [1.165, 1.54) is 6.07 Å². The summed E-state index contributed by atoms with van der Waals surface area (Å²) in [6.45, 7) is 1.93. The van der Waals surface area contributed by atoms with E-state index in [9.17, 15) is 9.18 Å². The fourth-order valence-corrected chi connectivity index (χ4v) is 3.38. The summed E-state index contributed by atoms with van der Waals surface area (Å²) in [7, 11) is 0. The Morgan fingerprint density at radius 1 is 1.15 bits per heavy atom. The lowest BCUT2D eigenvalue weighted by molar-refractivity contribution is 0.0992. The van der Waals surface area contributed by atoms with Crippen LogP contribution in [0.3, 0.4) is 0 Å². The van der Waals surface area contributed by atoms with Crippen LogP contribution in [0.1, 0.15) is 27.7 Å². The summed E-state index contributed by atoms with van der Waals surface area (Å²) in [4.78, 5) is 18.9. The first-order chi connectivity index (χ1) is 12.5. The van der Waals surface area contributed by atoms with Crippen molar-refractivity contribution in [2.75, 3.05) is 10.2 Å². The van der Waals surface area contributed by atoms with E-state index in [1.54, 1.807) is 35.4 Å². The van der Waals surface area contributed by atoms with Crippen molar-refractivity contribution in [3.05, 3.63) is 87.8 Å². The smallest absolute Gasteiger partial charge is 0.261 e. The summed E-state index contributed by atoms with van der Waals surface area (Å²) in [6, 6.07) is 15.8. The van der Waals surface area contributed by atoms with Crippen LogP contribution < -0.4 is 10.2 Å². The number of pyridine rings is 1. The van der Waals surface area contributed by atoms with Crippen molar-refractivity contribution in [1.29, 1.82) is 0 Å². The number of hydrogen-bond donors (Lipinski definition) is 1. The molecular weight excluding hydrogens is 397 g/mol. The molecule has 1 aliphatic rings. The highest BCUT2D eigenvalue weighted by Gasteiger charge is 2.38. The van der Waals surface area contributed by atoms with Crippen LogP contribution in [0.5, 0.6) is 0 Å². The van der Waals surface area contributed by atoms with Gasteiger partial charge in [0.05, 0.1) is 5.69 Å². The maximum absolute atomic E-state index is 14.3. The van der Waals surface area contributed by atoms with E-state index >= 15 is 0 Å². The van der Waals surface area contributed by atoms with Crippen LogP contribution in [-0.4, -0.2) is 10.9 Å². The molecule has 1 aromatic heterocycles. The molecule has 0 saturated carbocycles. The highest BCUT2D eigenvalue weighted by molar-refractivity contribution is 9.10. The van der Waals surface area contributed by atoms with Crippen LogP contribution in [-0.2, 0) is 0 Å². The minimum Gasteiger partial charge on any atom is -0.359 e. The second kappa shape index (κ2) is 6.53. The average molecular weight is 412 g/mol. The zero-order valence-electron chi connectivity index (χ0n) is 13.9. The lowest BCUT2D eigenvalue weighted by Crippen LogP contribution is -2.33. The zero-order valence-corrected chi connectivity index (χ0v) is 15.5. The third-order valence-electron chi connectivity index (χ3n) is 4.33. The second-order valence-electron chi connectivity index (χ2n) is 6.13. The number of fused-ring (bicyclic) bond motifs is 1. The Hall–Kier alpha value is -2.73. The molecule has 0 spiro atoms. The molecule has 6 heteroatoms. The van der Waals surface area contributed by atoms with Gasteiger partial charge in [-0.15, -0.1) is 0 Å². The Kier molecular flexibility index (Phi) is 4.20. The third kappa shape index (κ3) is 2.86. The number of amides is 1. The Morgan fingerprint density at radius 2 is 1.96 bits per heavy atom. The number of carbonyl (C=O) groups excluding carboxylic acids is 1. The van der Waals surface area contributed by atoms with Crippen molar-refractivity contribution in [2.24, 2.45) is 0 Å². The molecule has 2 heterocycles. The summed E-state index contributed by atoms with van der Waals surface area (Å²) in [5.74, 6) is -0.0354. The molecule has 26 heavy (non-hydrogen) atoms. The van der Waals surface area contributed by atoms with Gasteiger partial charge in [0.25, 0.3) is 5.91 Å². The Labute approximate surface area is 158 Å². The van der Waals surface area contributed by atoms with Gasteiger partial charge in [0.15, 0.2) is 0 Å². The Bertz CT molecular complexity index is 991. The van der Waals surface area contributed by atoms with E-state index < -0.39 is 12.0 Å². The molecule has 0 aliphatic carbocycles. The minimum atomic E-state index is -0.537. The molecule has 0 fully saturated rings. The first kappa shape index (κ1) is 16.7. The number of nitrogens with zero attached hydrogens (tertiary/aromatic N) is 2. The van der Waals surface area contributed by atoms with Gasteiger partial charge in [-0.25, -0.2) is 9.37 Å². The maximum atomic E-state index is 14.3. The first-order valence-corrected chi connectivity index (χ1v) is 8.90. The Morgan fingerprint density at radius 3 is 2.69 bits per heavy atom. The molecule has 4 nitrogen and oxygen atoms in total. The van der Waals surface area contributed by atoms with E-state index in [2.05, 4.69) is 26.2 Å². The average Bonchev–Trinajstić information content (AvgIpc) is 2.91. The molecule has 0 saturated heterocycles. The number of rotatable bonds is 3. The van der Waals surface area contributed by atoms with Crippen LogP contribution in [0, 0.1) is 12.7 Å². The largest absolute Gasteiger partial charge is 0.359 e. The zero-order chi connectivity index (χ0) is 18.3. The monoisotopic (exact) mass is 411 g/mol. The van der Waals surface area contributed by atoms with Gasteiger partial charge in [0.2, 0.25) is 0 Å². The van der Waals surface area contributed by atoms with E-state index in [4.69, 9.17) is 0 Å². The van der Waals surface area contributed by atoms with Gasteiger partial charge >= 0.3 is 0 Å². The van der Waals surface area contributed by atoms with Gasteiger partial charge in [-0.1, -0.05) is 40.2 Å².